The van der Waals surface area contributed by atoms with Gasteiger partial charge in [0.05, 0.1) is 30.1 Å². The van der Waals surface area contributed by atoms with Crippen LogP contribution in [0.3, 0.4) is 0 Å². The molecule has 172 valence electrons. The Morgan fingerprint density at radius 1 is 1.16 bits per heavy atom. The predicted molar refractivity (Wildman–Crippen MR) is 122 cm³/mol. The number of carbonyl (C=O) groups is 2. The molecule has 0 radical (unpaired) electrons. The van der Waals surface area contributed by atoms with E-state index < -0.39 is 17.3 Å². The highest BCUT2D eigenvalue weighted by Crippen LogP contribution is 2.49. The van der Waals surface area contributed by atoms with E-state index in [1.165, 1.54) is 18.9 Å². The molecule has 0 bridgehead atoms. The Labute approximate surface area is 192 Å². The number of aliphatic hydroxyl groups excluding tert-OH is 1. The van der Waals surface area contributed by atoms with E-state index in [1.54, 1.807) is 36.3 Å². The van der Waals surface area contributed by atoms with Crippen LogP contribution in [0.1, 0.15) is 10.8 Å². The first kappa shape index (κ1) is 23.9. The van der Waals surface area contributed by atoms with Gasteiger partial charge < -0.3 is 29.1 Å². The van der Waals surface area contributed by atoms with Crippen LogP contribution < -0.4 is 14.4 Å². The number of likely N-dealkylation sites (N-methyl/N-ethyl adjacent to an activating group) is 1. The first-order chi connectivity index (χ1) is 15.3. The number of carbonyl (C=O) groups excluding carboxylic acids is 2. The number of hydrogen-bond donors (Lipinski definition) is 1. The molecule has 0 unspecified atom stereocenters. The molecule has 1 amide bonds. The highest BCUT2D eigenvalue weighted by Gasteiger charge is 2.38. The van der Waals surface area contributed by atoms with Crippen molar-refractivity contribution in [3.8, 4) is 11.5 Å². The van der Waals surface area contributed by atoms with E-state index in [9.17, 15) is 14.7 Å². The second-order valence-electron chi connectivity index (χ2n) is 7.52. The molecule has 9 heteroatoms. The SMILES string of the molecule is COC(=O)COc1cccc2c1S[C@@H](c1ccc(OC)cc1)[C@@H](O)C(=O)N2CCN(C)C. The van der Waals surface area contributed by atoms with Crippen molar-refractivity contribution in [1.29, 1.82) is 0 Å². The largest absolute Gasteiger partial charge is 0.497 e. The lowest BCUT2D eigenvalue weighted by Crippen LogP contribution is -2.43. The van der Waals surface area contributed by atoms with Crippen molar-refractivity contribution in [2.75, 3.05) is 52.9 Å². The standard InChI is InChI=1S/C23H28N2O6S/c1-24(2)12-13-25-17-6-5-7-18(31-14-19(26)30-4)22(17)32-21(20(27)23(25)28)15-8-10-16(29-3)11-9-15/h5-11,20-21,27H,12-14H2,1-4H3/t20-,21+/m1/s1. The van der Waals surface area contributed by atoms with E-state index >= 15 is 0 Å². The van der Waals surface area contributed by atoms with Crippen LogP contribution >= 0.6 is 11.8 Å². The Morgan fingerprint density at radius 2 is 1.88 bits per heavy atom. The molecular weight excluding hydrogens is 432 g/mol. The number of amides is 1. The molecule has 0 spiro atoms. The maximum Gasteiger partial charge on any atom is 0.343 e. The van der Waals surface area contributed by atoms with Crippen molar-refractivity contribution >= 4 is 29.3 Å². The van der Waals surface area contributed by atoms with Crippen LogP contribution in [-0.2, 0) is 14.3 Å². The molecule has 0 aliphatic carbocycles. The minimum Gasteiger partial charge on any atom is -0.497 e. The van der Waals surface area contributed by atoms with Crippen LogP contribution in [-0.4, -0.2) is 76.0 Å². The van der Waals surface area contributed by atoms with Crippen molar-refractivity contribution < 1.29 is 28.9 Å². The number of ether oxygens (including phenoxy) is 3. The normalized spacial score (nSPS) is 18.2. The van der Waals surface area contributed by atoms with Crippen molar-refractivity contribution in [3.05, 3.63) is 48.0 Å². The summed E-state index contributed by atoms with van der Waals surface area (Å²) in [6.45, 7) is 0.754. The average molecular weight is 461 g/mol. The molecule has 1 heterocycles. The van der Waals surface area contributed by atoms with Crippen molar-refractivity contribution in [3.63, 3.8) is 0 Å². The lowest BCUT2D eigenvalue weighted by atomic mass is 10.1. The monoisotopic (exact) mass is 460 g/mol. The summed E-state index contributed by atoms with van der Waals surface area (Å²) in [5, 5.41) is 10.5. The van der Waals surface area contributed by atoms with Gasteiger partial charge in [-0.3, -0.25) is 4.79 Å². The quantitative estimate of drug-likeness (QED) is 0.601. The number of hydrogen-bond acceptors (Lipinski definition) is 8. The molecule has 1 aliphatic rings. The van der Waals surface area contributed by atoms with Gasteiger partial charge in [-0.05, 0) is 43.9 Å². The van der Waals surface area contributed by atoms with Gasteiger partial charge in [-0.2, -0.15) is 0 Å². The summed E-state index contributed by atoms with van der Waals surface area (Å²) < 4.78 is 15.6. The lowest BCUT2D eigenvalue weighted by molar-refractivity contribution is -0.143. The molecule has 8 nitrogen and oxygen atoms in total. The first-order valence-electron chi connectivity index (χ1n) is 10.1. The number of thioether (sulfide) groups is 1. The minimum atomic E-state index is -1.27. The number of anilines is 1. The first-order valence-corrected chi connectivity index (χ1v) is 11.0. The van der Waals surface area contributed by atoms with Gasteiger partial charge in [0.15, 0.2) is 6.61 Å². The van der Waals surface area contributed by atoms with Crippen LogP contribution in [0.4, 0.5) is 5.69 Å². The molecular formula is C23H28N2O6S. The molecule has 1 aliphatic heterocycles. The lowest BCUT2D eigenvalue weighted by Gasteiger charge is -2.26. The van der Waals surface area contributed by atoms with Crippen LogP contribution in [0.15, 0.2) is 47.4 Å². The zero-order valence-electron chi connectivity index (χ0n) is 18.6. The van der Waals surface area contributed by atoms with Gasteiger partial charge in [0, 0.05) is 13.1 Å². The highest BCUT2D eigenvalue weighted by atomic mass is 32.2. The smallest absolute Gasteiger partial charge is 0.343 e. The Bertz CT molecular complexity index is 950. The van der Waals surface area contributed by atoms with Crippen LogP contribution in [0.25, 0.3) is 0 Å². The Kier molecular flexibility index (Phi) is 8.00. The third-order valence-corrected chi connectivity index (χ3v) is 6.52. The number of methoxy groups -OCH3 is 2. The zero-order valence-corrected chi connectivity index (χ0v) is 19.4. The third kappa shape index (κ3) is 5.35. The van der Waals surface area contributed by atoms with Gasteiger partial charge in [-0.15, -0.1) is 11.8 Å². The van der Waals surface area contributed by atoms with E-state index in [1.807, 2.05) is 37.2 Å². The van der Waals surface area contributed by atoms with Gasteiger partial charge >= 0.3 is 5.97 Å². The van der Waals surface area contributed by atoms with Gasteiger partial charge in [-0.25, -0.2) is 4.79 Å². The summed E-state index contributed by atoms with van der Waals surface area (Å²) in [4.78, 5) is 29.2. The van der Waals surface area contributed by atoms with E-state index in [2.05, 4.69) is 4.74 Å². The molecule has 3 rings (SSSR count). The van der Waals surface area contributed by atoms with E-state index in [0.29, 0.717) is 35.2 Å². The number of nitrogens with zero attached hydrogens (tertiary/aromatic N) is 2. The Hall–Kier alpha value is -2.75. The van der Waals surface area contributed by atoms with Crippen molar-refractivity contribution in [1.82, 2.24) is 4.90 Å². The van der Waals surface area contributed by atoms with Gasteiger partial charge in [-0.1, -0.05) is 18.2 Å². The average Bonchev–Trinajstić information content (AvgIpc) is 2.91. The molecule has 0 fully saturated rings. The minimum absolute atomic E-state index is 0.255. The molecule has 32 heavy (non-hydrogen) atoms. The van der Waals surface area contributed by atoms with Crippen molar-refractivity contribution in [2.45, 2.75) is 16.2 Å². The summed E-state index contributed by atoms with van der Waals surface area (Å²) >= 11 is 1.34. The van der Waals surface area contributed by atoms with Crippen LogP contribution in [0, 0.1) is 0 Å². The molecule has 0 aromatic heterocycles. The number of benzene rings is 2. The van der Waals surface area contributed by atoms with E-state index in [0.717, 1.165) is 5.56 Å². The summed E-state index contributed by atoms with van der Waals surface area (Å²) in [7, 11) is 6.72. The highest BCUT2D eigenvalue weighted by molar-refractivity contribution is 8.00. The van der Waals surface area contributed by atoms with Crippen LogP contribution in [0.5, 0.6) is 11.5 Å². The molecule has 0 saturated heterocycles. The predicted octanol–water partition coefficient (Wildman–Crippen LogP) is 2.35. The maximum absolute atomic E-state index is 13.4. The summed E-state index contributed by atoms with van der Waals surface area (Å²) in [5.41, 5.74) is 1.42. The number of rotatable bonds is 8. The molecule has 2 aromatic rings. The zero-order chi connectivity index (χ0) is 23.3. The summed E-state index contributed by atoms with van der Waals surface area (Å²) in [6, 6.07) is 12.6. The van der Waals surface area contributed by atoms with Crippen LogP contribution in [0.2, 0.25) is 0 Å². The summed E-state index contributed by atoms with van der Waals surface area (Å²) in [5.74, 6) is 0.244. The Balaban J connectivity index is 2.04. The third-order valence-electron chi connectivity index (χ3n) is 5.09. The topological polar surface area (TPSA) is 88.5 Å². The fraction of sp³-hybridized carbons (Fsp3) is 0.391. The molecule has 0 saturated carbocycles. The fourth-order valence-electron chi connectivity index (χ4n) is 3.32. The number of fused-ring (bicyclic) bond motifs is 1. The van der Waals surface area contributed by atoms with E-state index in [4.69, 9.17) is 9.47 Å². The summed E-state index contributed by atoms with van der Waals surface area (Å²) in [6.07, 6.45) is -1.27. The maximum atomic E-state index is 13.4. The van der Waals surface area contributed by atoms with Gasteiger partial charge in [0.25, 0.3) is 5.91 Å². The molecule has 2 atom stereocenters. The molecule has 1 N–H and O–H groups in total. The van der Waals surface area contributed by atoms with Gasteiger partial charge in [0.1, 0.15) is 17.6 Å². The van der Waals surface area contributed by atoms with E-state index in [-0.39, 0.29) is 12.5 Å². The van der Waals surface area contributed by atoms with Gasteiger partial charge in [0.2, 0.25) is 0 Å². The van der Waals surface area contributed by atoms with Crippen molar-refractivity contribution in [2.24, 2.45) is 0 Å². The fourth-order valence-corrected chi connectivity index (χ4v) is 4.65. The number of aliphatic hydroxyl groups is 1. The Morgan fingerprint density at radius 3 is 2.50 bits per heavy atom. The number of esters is 1. The second-order valence-corrected chi connectivity index (χ2v) is 8.67. The second kappa shape index (κ2) is 10.7. The molecule has 2 aromatic carbocycles.